The summed E-state index contributed by atoms with van der Waals surface area (Å²) in [6, 6.07) is 6.11. The Morgan fingerprint density at radius 3 is 2.47 bits per heavy atom. The third kappa shape index (κ3) is 6.29. The maximum Gasteiger partial charge on any atom is 0.123 e. The van der Waals surface area contributed by atoms with Crippen LogP contribution in [0.15, 0.2) is 22.7 Å². The van der Waals surface area contributed by atoms with Gasteiger partial charge in [-0.2, -0.15) is 0 Å². The minimum absolute atomic E-state index is 0. The quantitative estimate of drug-likeness (QED) is 0.899. The summed E-state index contributed by atoms with van der Waals surface area (Å²) < 4.78 is 6.68. The fourth-order valence-electron chi connectivity index (χ4n) is 1.34. The van der Waals surface area contributed by atoms with Gasteiger partial charge in [0.25, 0.3) is 0 Å². The molecule has 0 aliphatic carbocycles. The van der Waals surface area contributed by atoms with Gasteiger partial charge in [-0.25, -0.2) is 0 Å². The van der Waals surface area contributed by atoms with Crippen molar-refractivity contribution in [2.24, 2.45) is 0 Å². The van der Waals surface area contributed by atoms with Gasteiger partial charge in [0.2, 0.25) is 0 Å². The molecular formula is C13H21BrClNO. The van der Waals surface area contributed by atoms with Crippen molar-refractivity contribution in [1.82, 2.24) is 5.32 Å². The first-order valence-corrected chi connectivity index (χ1v) is 6.38. The molecule has 0 saturated heterocycles. The molecule has 0 bridgehead atoms. The van der Waals surface area contributed by atoms with Crippen LogP contribution >= 0.6 is 28.3 Å². The average Bonchev–Trinajstić information content (AvgIpc) is 2.17. The zero-order chi connectivity index (χ0) is 12.2. The third-order valence-electron chi connectivity index (χ3n) is 2.13. The number of halogens is 2. The van der Waals surface area contributed by atoms with E-state index in [9.17, 15) is 0 Å². The van der Waals surface area contributed by atoms with E-state index in [1.807, 2.05) is 19.1 Å². The van der Waals surface area contributed by atoms with E-state index in [-0.39, 0.29) is 17.9 Å². The Morgan fingerprint density at radius 2 is 1.94 bits per heavy atom. The highest BCUT2D eigenvalue weighted by molar-refractivity contribution is 9.10. The Balaban J connectivity index is 0.00000256. The number of rotatable bonds is 4. The molecule has 0 aliphatic rings. The molecule has 0 fully saturated rings. The van der Waals surface area contributed by atoms with Crippen LogP contribution in [0, 0.1) is 0 Å². The van der Waals surface area contributed by atoms with E-state index in [2.05, 4.69) is 48.1 Å². The van der Waals surface area contributed by atoms with Gasteiger partial charge in [-0.05, 0) is 45.9 Å². The summed E-state index contributed by atoms with van der Waals surface area (Å²) in [5.74, 6) is 0.961. The molecule has 0 aromatic heterocycles. The lowest BCUT2D eigenvalue weighted by atomic mass is 10.1. The highest BCUT2D eigenvalue weighted by atomic mass is 79.9. The minimum Gasteiger partial charge on any atom is -0.494 e. The standard InChI is InChI=1S/C13H20BrNO.ClH/c1-5-16-12-7-6-11(14)8-10(12)9-15-13(2,3)4;/h6-8,15H,5,9H2,1-4H3;1H. The second kappa shape index (κ2) is 7.24. The van der Waals surface area contributed by atoms with Crippen molar-refractivity contribution in [3.8, 4) is 5.75 Å². The minimum atomic E-state index is 0. The van der Waals surface area contributed by atoms with Crippen molar-refractivity contribution < 1.29 is 4.74 Å². The first-order valence-electron chi connectivity index (χ1n) is 5.58. The van der Waals surface area contributed by atoms with Gasteiger partial charge >= 0.3 is 0 Å². The number of ether oxygens (including phenoxy) is 1. The monoisotopic (exact) mass is 321 g/mol. The Bertz CT molecular complexity index is 350. The molecule has 1 aromatic carbocycles. The molecule has 4 heteroatoms. The maximum atomic E-state index is 5.60. The molecule has 1 aromatic rings. The number of hydrogen-bond acceptors (Lipinski definition) is 2. The van der Waals surface area contributed by atoms with Gasteiger partial charge in [-0.3, -0.25) is 0 Å². The lowest BCUT2D eigenvalue weighted by Crippen LogP contribution is -2.35. The van der Waals surface area contributed by atoms with Crippen LogP contribution in [0.4, 0.5) is 0 Å². The zero-order valence-electron chi connectivity index (χ0n) is 10.8. The molecule has 0 atom stereocenters. The van der Waals surface area contributed by atoms with E-state index >= 15 is 0 Å². The van der Waals surface area contributed by atoms with Crippen LogP contribution in [0.5, 0.6) is 5.75 Å². The second-order valence-corrected chi connectivity index (χ2v) is 5.70. The summed E-state index contributed by atoms with van der Waals surface area (Å²) in [6.45, 7) is 9.99. The molecular weight excluding hydrogens is 302 g/mol. The number of nitrogens with one attached hydrogen (secondary N) is 1. The summed E-state index contributed by atoms with van der Waals surface area (Å²) in [6.07, 6.45) is 0. The Morgan fingerprint density at radius 1 is 1.29 bits per heavy atom. The van der Waals surface area contributed by atoms with Gasteiger partial charge in [0, 0.05) is 22.1 Å². The summed E-state index contributed by atoms with van der Waals surface area (Å²) in [5, 5.41) is 3.46. The molecule has 0 unspecified atom stereocenters. The van der Waals surface area contributed by atoms with Crippen molar-refractivity contribution >= 4 is 28.3 Å². The molecule has 0 amide bonds. The average molecular weight is 323 g/mol. The van der Waals surface area contributed by atoms with Crippen LogP contribution in [0.2, 0.25) is 0 Å². The van der Waals surface area contributed by atoms with E-state index in [1.165, 1.54) is 5.56 Å². The van der Waals surface area contributed by atoms with E-state index in [0.29, 0.717) is 6.61 Å². The summed E-state index contributed by atoms with van der Waals surface area (Å²) in [4.78, 5) is 0. The fourth-order valence-corrected chi connectivity index (χ4v) is 1.75. The predicted molar refractivity (Wildman–Crippen MR) is 79.2 cm³/mol. The molecule has 0 radical (unpaired) electrons. The van der Waals surface area contributed by atoms with Crippen LogP contribution in [-0.2, 0) is 6.54 Å². The van der Waals surface area contributed by atoms with Crippen molar-refractivity contribution in [3.63, 3.8) is 0 Å². The summed E-state index contributed by atoms with van der Waals surface area (Å²) in [7, 11) is 0. The molecule has 0 spiro atoms. The normalized spacial score (nSPS) is 10.9. The molecule has 1 N–H and O–H groups in total. The van der Waals surface area contributed by atoms with Gasteiger partial charge in [0.1, 0.15) is 5.75 Å². The van der Waals surface area contributed by atoms with E-state index in [1.54, 1.807) is 0 Å². The van der Waals surface area contributed by atoms with Crippen molar-refractivity contribution in [1.29, 1.82) is 0 Å². The molecule has 1 rings (SSSR count). The molecule has 17 heavy (non-hydrogen) atoms. The van der Waals surface area contributed by atoms with Crippen LogP contribution in [0.1, 0.15) is 33.3 Å². The first kappa shape index (κ1) is 16.8. The van der Waals surface area contributed by atoms with Gasteiger partial charge in [0.15, 0.2) is 0 Å². The van der Waals surface area contributed by atoms with E-state index < -0.39 is 0 Å². The Hall–Kier alpha value is -0.250. The number of hydrogen-bond donors (Lipinski definition) is 1. The molecule has 0 heterocycles. The lowest BCUT2D eigenvalue weighted by molar-refractivity contribution is 0.332. The molecule has 0 saturated carbocycles. The highest BCUT2D eigenvalue weighted by Crippen LogP contribution is 2.23. The zero-order valence-corrected chi connectivity index (χ0v) is 13.2. The van der Waals surface area contributed by atoms with Gasteiger partial charge in [0.05, 0.1) is 6.61 Å². The first-order chi connectivity index (χ1) is 7.42. The van der Waals surface area contributed by atoms with Crippen LogP contribution in [0.3, 0.4) is 0 Å². The smallest absolute Gasteiger partial charge is 0.123 e. The molecule has 98 valence electrons. The maximum absolute atomic E-state index is 5.60. The largest absolute Gasteiger partial charge is 0.494 e. The molecule has 2 nitrogen and oxygen atoms in total. The van der Waals surface area contributed by atoms with Gasteiger partial charge < -0.3 is 10.1 Å². The SMILES string of the molecule is CCOc1ccc(Br)cc1CNC(C)(C)C.Cl. The fraction of sp³-hybridized carbons (Fsp3) is 0.538. The Labute approximate surface area is 119 Å². The van der Waals surface area contributed by atoms with Crippen molar-refractivity contribution in [2.45, 2.75) is 39.8 Å². The molecule has 0 aliphatic heterocycles. The summed E-state index contributed by atoms with van der Waals surface area (Å²) >= 11 is 3.48. The van der Waals surface area contributed by atoms with Crippen LogP contribution in [0.25, 0.3) is 0 Å². The van der Waals surface area contributed by atoms with Gasteiger partial charge in [-0.1, -0.05) is 15.9 Å². The van der Waals surface area contributed by atoms with Crippen molar-refractivity contribution in [3.05, 3.63) is 28.2 Å². The van der Waals surface area contributed by atoms with Crippen LogP contribution < -0.4 is 10.1 Å². The lowest BCUT2D eigenvalue weighted by Gasteiger charge is -2.21. The predicted octanol–water partition coefficient (Wildman–Crippen LogP) is 4.16. The Kier molecular flexibility index (Phi) is 7.14. The summed E-state index contributed by atoms with van der Waals surface area (Å²) in [5.41, 5.74) is 1.30. The number of benzene rings is 1. The topological polar surface area (TPSA) is 21.3 Å². The van der Waals surface area contributed by atoms with E-state index in [4.69, 9.17) is 4.74 Å². The van der Waals surface area contributed by atoms with Crippen molar-refractivity contribution in [2.75, 3.05) is 6.61 Å². The van der Waals surface area contributed by atoms with E-state index in [0.717, 1.165) is 16.8 Å². The third-order valence-corrected chi connectivity index (χ3v) is 2.62. The highest BCUT2D eigenvalue weighted by Gasteiger charge is 2.11. The second-order valence-electron chi connectivity index (χ2n) is 4.79. The van der Waals surface area contributed by atoms with Crippen LogP contribution in [-0.4, -0.2) is 12.1 Å². The van der Waals surface area contributed by atoms with Gasteiger partial charge in [-0.15, -0.1) is 12.4 Å².